The molecule has 0 fully saturated rings. The van der Waals surface area contributed by atoms with Gasteiger partial charge in [-0.15, -0.1) is 5.10 Å². The van der Waals surface area contributed by atoms with Gasteiger partial charge in [0.25, 0.3) is 0 Å². The number of hydrogen-bond acceptors (Lipinski definition) is 5. The lowest BCUT2D eigenvalue weighted by atomic mass is 10.5. The summed E-state index contributed by atoms with van der Waals surface area (Å²) >= 11 is 3.17. The van der Waals surface area contributed by atoms with Crippen LogP contribution < -0.4 is 5.32 Å². The summed E-state index contributed by atoms with van der Waals surface area (Å²) < 4.78 is 6.66. The Bertz CT molecular complexity index is 584. The van der Waals surface area contributed by atoms with Gasteiger partial charge in [0.1, 0.15) is 10.4 Å². The van der Waals surface area contributed by atoms with Crippen molar-refractivity contribution in [3.05, 3.63) is 22.4 Å². The maximum Gasteiger partial charge on any atom is 0.357 e. The number of halogens is 1. The van der Waals surface area contributed by atoms with E-state index in [1.54, 1.807) is 19.2 Å². The van der Waals surface area contributed by atoms with Crippen LogP contribution in [0, 0.1) is 0 Å². The fraction of sp³-hybridized carbons (Fsp3) is 0.300. The highest BCUT2D eigenvalue weighted by Crippen LogP contribution is 2.19. The monoisotopic (exact) mass is 314 g/mol. The molecule has 0 saturated carbocycles. The topological polar surface area (TPSA) is 88.8 Å². The van der Waals surface area contributed by atoms with E-state index in [2.05, 4.69) is 31.3 Å². The Morgan fingerprint density at radius 3 is 3.06 bits per heavy atom. The highest BCUT2D eigenvalue weighted by molar-refractivity contribution is 9.10. The molecule has 96 valence electrons. The van der Waals surface area contributed by atoms with Gasteiger partial charge in [-0.1, -0.05) is 0 Å². The lowest BCUT2D eigenvalue weighted by Crippen LogP contribution is -2.10. The summed E-state index contributed by atoms with van der Waals surface area (Å²) in [5, 5.41) is 16.2. The van der Waals surface area contributed by atoms with Crippen LogP contribution in [0.15, 0.2) is 16.7 Å². The molecule has 0 radical (unpaired) electrons. The molecule has 18 heavy (non-hydrogen) atoms. The standard InChI is InChI=1S/C10H11BrN4O3/c1-18-5-4-12-6-2-3-7-13-8(10(16)17)9(11)15(7)14-6/h2-3H,4-5H2,1H3,(H,12,14)(H,16,17). The molecule has 0 aliphatic carbocycles. The first-order valence-electron chi connectivity index (χ1n) is 5.15. The van der Waals surface area contributed by atoms with Crippen LogP contribution in [0.4, 0.5) is 5.82 Å². The minimum absolute atomic E-state index is 0.0588. The zero-order chi connectivity index (χ0) is 13.1. The van der Waals surface area contributed by atoms with Crippen molar-refractivity contribution in [2.45, 2.75) is 0 Å². The van der Waals surface area contributed by atoms with Crippen LogP contribution in [0.5, 0.6) is 0 Å². The van der Waals surface area contributed by atoms with E-state index in [0.717, 1.165) is 0 Å². The van der Waals surface area contributed by atoms with Gasteiger partial charge in [0.2, 0.25) is 0 Å². The molecule has 7 nitrogen and oxygen atoms in total. The highest BCUT2D eigenvalue weighted by atomic mass is 79.9. The van der Waals surface area contributed by atoms with Crippen LogP contribution >= 0.6 is 15.9 Å². The molecule has 0 aliphatic rings. The van der Waals surface area contributed by atoms with Gasteiger partial charge in [0.15, 0.2) is 11.3 Å². The second-order valence-corrected chi connectivity index (χ2v) is 4.22. The Morgan fingerprint density at radius 1 is 1.61 bits per heavy atom. The number of imidazole rings is 1. The summed E-state index contributed by atoms with van der Waals surface area (Å²) in [7, 11) is 1.61. The van der Waals surface area contributed by atoms with Crippen molar-refractivity contribution < 1.29 is 14.6 Å². The minimum atomic E-state index is -1.10. The molecule has 0 amide bonds. The quantitative estimate of drug-likeness (QED) is 0.807. The number of aromatic nitrogens is 3. The minimum Gasteiger partial charge on any atom is -0.476 e. The molecule has 0 spiro atoms. The number of rotatable bonds is 5. The average Bonchev–Trinajstić information content (AvgIpc) is 2.67. The molecule has 0 unspecified atom stereocenters. The molecule has 0 aromatic carbocycles. The number of ether oxygens (including phenoxy) is 1. The number of carbonyl (C=O) groups is 1. The summed E-state index contributed by atoms with van der Waals surface area (Å²) in [6.07, 6.45) is 0. The number of fused-ring (bicyclic) bond motifs is 1. The second-order valence-electron chi connectivity index (χ2n) is 3.46. The molecule has 2 aromatic heterocycles. The van der Waals surface area contributed by atoms with Gasteiger partial charge in [-0.3, -0.25) is 0 Å². The number of aromatic carboxylic acids is 1. The van der Waals surface area contributed by atoms with E-state index >= 15 is 0 Å². The van der Waals surface area contributed by atoms with E-state index in [1.807, 2.05) is 0 Å². The highest BCUT2D eigenvalue weighted by Gasteiger charge is 2.16. The van der Waals surface area contributed by atoms with E-state index in [1.165, 1.54) is 4.52 Å². The number of nitrogens with one attached hydrogen (secondary N) is 1. The largest absolute Gasteiger partial charge is 0.476 e. The third-order valence-corrected chi connectivity index (χ3v) is 2.95. The fourth-order valence-electron chi connectivity index (χ4n) is 1.42. The molecule has 2 heterocycles. The Balaban J connectivity index is 2.32. The van der Waals surface area contributed by atoms with Crippen molar-refractivity contribution in [1.82, 2.24) is 14.6 Å². The van der Waals surface area contributed by atoms with Crippen molar-refractivity contribution in [2.75, 3.05) is 25.6 Å². The van der Waals surface area contributed by atoms with E-state index in [9.17, 15) is 4.79 Å². The number of anilines is 1. The normalized spacial score (nSPS) is 10.8. The molecule has 0 saturated heterocycles. The van der Waals surface area contributed by atoms with Gasteiger partial charge in [0.05, 0.1) is 6.61 Å². The number of carboxylic acid groups (broad SMARTS) is 1. The van der Waals surface area contributed by atoms with Gasteiger partial charge in [-0.25, -0.2) is 14.3 Å². The number of nitrogens with zero attached hydrogens (tertiary/aromatic N) is 3. The Kier molecular flexibility index (Phi) is 3.78. The molecular formula is C10H11BrN4O3. The molecule has 2 N–H and O–H groups in total. The molecule has 2 rings (SSSR count). The lowest BCUT2D eigenvalue weighted by Gasteiger charge is -2.04. The van der Waals surface area contributed by atoms with Gasteiger partial charge in [0, 0.05) is 13.7 Å². The first kappa shape index (κ1) is 12.8. The molecule has 0 aliphatic heterocycles. The summed E-state index contributed by atoms with van der Waals surface area (Å²) in [4.78, 5) is 14.9. The predicted molar refractivity (Wildman–Crippen MR) is 68.0 cm³/mol. The summed E-state index contributed by atoms with van der Waals surface area (Å²) in [6.45, 7) is 1.18. The van der Waals surface area contributed by atoms with Crippen LogP contribution in [0.2, 0.25) is 0 Å². The molecular weight excluding hydrogens is 304 g/mol. The van der Waals surface area contributed by atoms with Crippen molar-refractivity contribution in [3.8, 4) is 0 Å². The van der Waals surface area contributed by atoms with Crippen LogP contribution in [0.1, 0.15) is 10.5 Å². The summed E-state index contributed by atoms with van der Waals surface area (Å²) in [5.74, 6) is -0.476. The molecule has 8 heteroatoms. The molecule has 0 bridgehead atoms. The van der Waals surface area contributed by atoms with Crippen LogP contribution in [-0.2, 0) is 4.74 Å². The van der Waals surface area contributed by atoms with Crippen LogP contribution in [0.3, 0.4) is 0 Å². The first-order valence-corrected chi connectivity index (χ1v) is 5.94. The maximum atomic E-state index is 10.9. The van der Waals surface area contributed by atoms with Crippen molar-refractivity contribution in [2.24, 2.45) is 0 Å². The van der Waals surface area contributed by atoms with E-state index < -0.39 is 5.97 Å². The smallest absolute Gasteiger partial charge is 0.357 e. The van der Waals surface area contributed by atoms with E-state index in [0.29, 0.717) is 29.2 Å². The average molecular weight is 315 g/mol. The van der Waals surface area contributed by atoms with E-state index in [4.69, 9.17) is 9.84 Å². The number of methoxy groups -OCH3 is 1. The maximum absolute atomic E-state index is 10.9. The zero-order valence-electron chi connectivity index (χ0n) is 9.55. The van der Waals surface area contributed by atoms with Crippen LogP contribution in [0.25, 0.3) is 5.65 Å². The van der Waals surface area contributed by atoms with Gasteiger partial charge in [-0.2, -0.15) is 0 Å². The van der Waals surface area contributed by atoms with Gasteiger partial charge >= 0.3 is 5.97 Å². The Morgan fingerprint density at radius 2 is 2.39 bits per heavy atom. The third kappa shape index (κ3) is 2.44. The van der Waals surface area contributed by atoms with Crippen molar-refractivity contribution in [1.29, 1.82) is 0 Å². The van der Waals surface area contributed by atoms with E-state index in [-0.39, 0.29) is 5.69 Å². The molecule has 0 atom stereocenters. The second kappa shape index (κ2) is 5.32. The number of carboxylic acids is 1. The molecule has 2 aromatic rings. The number of hydrogen-bond donors (Lipinski definition) is 2. The fourth-order valence-corrected chi connectivity index (χ4v) is 1.94. The first-order chi connectivity index (χ1) is 8.63. The summed E-state index contributed by atoms with van der Waals surface area (Å²) in [6, 6.07) is 3.43. The van der Waals surface area contributed by atoms with Crippen molar-refractivity contribution in [3.63, 3.8) is 0 Å². The van der Waals surface area contributed by atoms with Gasteiger partial charge < -0.3 is 15.2 Å². The van der Waals surface area contributed by atoms with Crippen LogP contribution in [-0.4, -0.2) is 45.9 Å². The predicted octanol–water partition coefficient (Wildman–Crippen LogP) is 1.25. The third-order valence-electron chi connectivity index (χ3n) is 2.24. The summed E-state index contributed by atoms with van der Waals surface area (Å²) in [5.41, 5.74) is 0.410. The van der Waals surface area contributed by atoms with Crippen molar-refractivity contribution >= 4 is 33.4 Å². The Hall–Kier alpha value is -1.67. The SMILES string of the molecule is COCCNc1ccc2nc(C(=O)O)c(Br)n2n1. The zero-order valence-corrected chi connectivity index (χ0v) is 11.1. The van der Waals surface area contributed by atoms with Gasteiger partial charge in [-0.05, 0) is 28.1 Å². The Labute approximate surface area is 111 Å². The lowest BCUT2D eigenvalue weighted by molar-refractivity contribution is 0.0690.